The second kappa shape index (κ2) is 5.92. The molecular formula is C18H18N2O. The minimum absolute atomic E-state index is 0.278. The van der Waals surface area contributed by atoms with Gasteiger partial charge in [0.15, 0.2) is 0 Å². The zero-order valence-electron chi connectivity index (χ0n) is 12.1. The third-order valence-corrected chi connectivity index (χ3v) is 3.77. The van der Waals surface area contributed by atoms with Gasteiger partial charge in [-0.25, -0.2) is 4.98 Å². The van der Waals surface area contributed by atoms with Crippen LogP contribution in [-0.2, 0) is 17.6 Å². The molecule has 0 amide bonds. The van der Waals surface area contributed by atoms with Gasteiger partial charge in [0.1, 0.15) is 5.78 Å². The predicted octanol–water partition coefficient (Wildman–Crippen LogP) is 3.68. The molecule has 1 aromatic heterocycles. The minimum atomic E-state index is 0.278. The Balaban J connectivity index is 1.99. The summed E-state index contributed by atoms with van der Waals surface area (Å²) in [6.45, 7) is 1.91. The van der Waals surface area contributed by atoms with E-state index in [0.717, 1.165) is 17.7 Å². The highest BCUT2D eigenvalue weighted by molar-refractivity contribution is 5.88. The van der Waals surface area contributed by atoms with Crippen molar-refractivity contribution in [3.63, 3.8) is 0 Å². The number of aromatic amines is 1. The number of carbonyl (C=O) groups is 1. The predicted molar refractivity (Wildman–Crippen MR) is 84.3 cm³/mol. The molecule has 0 aliphatic heterocycles. The van der Waals surface area contributed by atoms with E-state index in [9.17, 15) is 4.79 Å². The fraction of sp³-hybridized carbons (Fsp3) is 0.222. The molecule has 3 heteroatoms. The Morgan fingerprint density at radius 2 is 2.14 bits per heavy atom. The van der Waals surface area contributed by atoms with Crippen LogP contribution in [0.3, 0.4) is 0 Å². The maximum Gasteiger partial charge on any atom is 0.136 e. The number of hydrogen-bond donors (Lipinski definition) is 1. The molecule has 0 atom stereocenters. The number of benzene rings is 2. The van der Waals surface area contributed by atoms with Gasteiger partial charge in [0.25, 0.3) is 0 Å². The van der Waals surface area contributed by atoms with Crippen molar-refractivity contribution in [1.29, 1.82) is 0 Å². The third kappa shape index (κ3) is 3.02. The first-order chi connectivity index (χ1) is 10.3. The summed E-state index contributed by atoms with van der Waals surface area (Å²) in [5, 5.41) is 2.42. The van der Waals surface area contributed by atoms with Crippen LogP contribution in [0.4, 0.5) is 0 Å². The van der Waals surface area contributed by atoms with Crippen molar-refractivity contribution in [2.24, 2.45) is 0 Å². The molecule has 0 aliphatic carbocycles. The second-order valence-electron chi connectivity index (χ2n) is 5.30. The summed E-state index contributed by atoms with van der Waals surface area (Å²) in [5.41, 5.74) is 3.44. The smallest absolute Gasteiger partial charge is 0.136 e. The summed E-state index contributed by atoms with van der Waals surface area (Å²) in [6.07, 6.45) is 5.48. The molecular weight excluding hydrogens is 260 g/mol. The lowest BCUT2D eigenvalue weighted by Gasteiger charge is -2.08. The van der Waals surface area contributed by atoms with Gasteiger partial charge in [-0.1, -0.05) is 43.3 Å². The fourth-order valence-electron chi connectivity index (χ4n) is 2.59. The molecule has 0 unspecified atom stereocenters. The van der Waals surface area contributed by atoms with Gasteiger partial charge < -0.3 is 4.98 Å². The number of H-pyrrole nitrogens is 1. The molecule has 0 bridgehead atoms. The van der Waals surface area contributed by atoms with Crippen molar-refractivity contribution in [3.8, 4) is 0 Å². The van der Waals surface area contributed by atoms with Crippen LogP contribution < -0.4 is 0 Å². The van der Waals surface area contributed by atoms with Crippen molar-refractivity contribution in [1.82, 2.24) is 9.97 Å². The lowest BCUT2D eigenvalue weighted by atomic mass is 9.97. The number of nitrogens with zero attached hydrogens (tertiary/aromatic N) is 1. The third-order valence-electron chi connectivity index (χ3n) is 3.77. The van der Waals surface area contributed by atoms with Gasteiger partial charge in [0.05, 0.1) is 6.33 Å². The van der Waals surface area contributed by atoms with E-state index >= 15 is 0 Å². The van der Waals surface area contributed by atoms with Crippen LogP contribution in [0.15, 0.2) is 48.9 Å². The molecule has 106 valence electrons. The average Bonchev–Trinajstić information content (AvgIpc) is 3.01. The molecule has 1 N–H and O–H groups in total. The van der Waals surface area contributed by atoms with Crippen LogP contribution in [0.1, 0.15) is 30.2 Å². The van der Waals surface area contributed by atoms with Gasteiger partial charge in [0, 0.05) is 31.2 Å². The maximum atomic E-state index is 11.6. The van der Waals surface area contributed by atoms with E-state index in [1.807, 2.05) is 13.1 Å². The molecule has 0 spiro atoms. The summed E-state index contributed by atoms with van der Waals surface area (Å²) in [4.78, 5) is 18.9. The molecule has 0 saturated heterocycles. The zero-order chi connectivity index (χ0) is 14.7. The van der Waals surface area contributed by atoms with E-state index in [4.69, 9.17) is 0 Å². The van der Waals surface area contributed by atoms with Crippen molar-refractivity contribution in [2.45, 2.75) is 26.2 Å². The molecule has 3 rings (SSSR count). The SMILES string of the molecule is CCC(=O)Cc1ccc2cccc(Cc3cnc[nH]3)c2c1. The number of nitrogens with one attached hydrogen (secondary N) is 1. The van der Waals surface area contributed by atoms with Crippen LogP contribution in [0.2, 0.25) is 0 Å². The first-order valence-corrected chi connectivity index (χ1v) is 7.25. The van der Waals surface area contributed by atoms with Crippen LogP contribution in [0.25, 0.3) is 10.8 Å². The number of Topliss-reactive ketones (excluding diaryl/α,β-unsaturated/α-hetero) is 1. The molecule has 3 nitrogen and oxygen atoms in total. The van der Waals surface area contributed by atoms with Crippen molar-refractivity contribution < 1.29 is 4.79 Å². The molecule has 21 heavy (non-hydrogen) atoms. The standard InChI is InChI=1S/C18H18N2O/c1-2-17(21)8-13-6-7-14-4-3-5-15(18(14)9-13)10-16-11-19-12-20-16/h3-7,9,11-12H,2,8,10H2,1H3,(H,19,20). The average molecular weight is 278 g/mol. The largest absolute Gasteiger partial charge is 0.348 e. The minimum Gasteiger partial charge on any atom is -0.348 e. The highest BCUT2D eigenvalue weighted by Crippen LogP contribution is 2.23. The second-order valence-corrected chi connectivity index (χ2v) is 5.30. The van der Waals surface area contributed by atoms with E-state index in [2.05, 4.69) is 46.4 Å². The van der Waals surface area contributed by atoms with Gasteiger partial charge in [-0.3, -0.25) is 4.79 Å². The van der Waals surface area contributed by atoms with Crippen LogP contribution >= 0.6 is 0 Å². The quantitative estimate of drug-likeness (QED) is 0.774. The van der Waals surface area contributed by atoms with Gasteiger partial charge in [-0.05, 0) is 21.9 Å². The maximum absolute atomic E-state index is 11.6. The summed E-state index contributed by atoms with van der Waals surface area (Å²) in [5.74, 6) is 0.278. The van der Waals surface area contributed by atoms with E-state index in [1.54, 1.807) is 6.33 Å². The Morgan fingerprint density at radius 1 is 1.24 bits per heavy atom. The molecule has 0 fully saturated rings. The van der Waals surface area contributed by atoms with Crippen LogP contribution in [0.5, 0.6) is 0 Å². The molecule has 1 heterocycles. The van der Waals surface area contributed by atoms with E-state index in [-0.39, 0.29) is 5.78 Å². The summed E-state index contributed by atoms with van der Waals surface area (Å²) in [6, 6.07) is 12.6. The van der Waals surface area contributed by atoms with Gasteiger partial charge in [0.2, 0.25) is 0 Å². The van der Waals surface area contributed by atoms with E-state index in [0.29, 0.717) is 12.8 Å². The van der Waals surface area contributed by atoms with Gasteiger partial charge in [-0.2, -0.15) is 0 Å². The number of ketones is 1. The van der Waals surface area contributed by atoms with Crippen LogP contribution in [0, 0.1) is 0 Å². The van der Waals surface area contributed by atoms with Crippen molar-refractivity contribution in [2.75, 3.05) is 0 Å². The first kappa shape index (κ1) is 13.6. The van der Waals surface area contributed by atoms with Gasteiger partial charge in [-0.15, -0.1) is 0 Å². The summed E-state index contributed by atoms with van der Waals surface area (Å²) in [7, 11) is 0. The number of carbonyl (C=O) groups excluding carboxylic acids is 1. The Bertz CT molecular complexity index is 760. The van der Waals surface area contributed by atoms with Crippen LogP contribution in [-0.4, -0.2) is 15.8 Å². The fourth-order valence-corrected chi connectivity index (χ4v) is 2.59. The number of hydrogen-bond acceptors (Lipinski definition) is 2. The topological polar surface area (TPSA) is 45.8 Å². The Morgan fingerprint density at radius 3 is 2.90 bits per heavy atom. The summed E-state index contributed by atoms with van der Waals surface area (Å²) < 4.78 is 0. The molecule has 2 aromatic carbocycles. The number of fused-ring (bicyclic) bond motifs is 1. The number of imidazole rings is 1. The van der Waals surface area contributed by atoms with E-state index in [1.165, 1.54) is 16.3 Å². The van der Waals surface area contributed by atoms with Crippen molar-refractivity contribution >= 4 is 16.6 Å². The molecule has 0 saturated carbocycles. The van der Waals surface area contributed by atoms with E-state index < -0.39 is 0 Å². The molecule has 3 aromatic rings. The normalized spacial score (nSPS) is 10.9. The number of rotatable bonds is 5. The van der Waals surface area contributed by atoms with Crippen molar-refractivity contribution in [3.05, 3.63) is 65.7 Å². The Hall–Kier alpha value is -2.42. The monoisotopic (exact) mass is 278 g/mol. The molecule has 0 radical (unpaired) electrons. The summed E-state index contributed by atoms with van der Waals surface area (Å²) >= 11 is 0. The lowest BCUT2D eigenvalue weighted by molar-refractivity contribution is -0.118. The lowest BCUT2D eigenvalue weighted by Crippen LogP contribution is -2.00. The molecule has 0 aliphatic rings. The van der Waals surface area contributed by atoms with Gasteiger partial charge >= 0.3 is 0 Å². The highest BCUT2D eigenvalue weighted by Gasteiger charge is 2.06. The Labute approximate surface area is 124 Å². The number of aromatic nitrogens is 2. The first-order valence-electron chi connectivity index (χ1n) is 7.25. The highest BCUT2D eigenvalue weighted by atomic mass is 16.1. The Kier molecular flexibility index (Phi) is 3.82. The zero-order valence-corrected chi connectivity index (χ0v) is 12.1.